The van der Waals surface area contributed by atoms with Crippen LogP contribution >= 0.6 is 11.3 Å². The molecule has 116 valence electrons. The maximum Gasteiger partial charge on any atom is 0.322 e. The molecular weight excluding hydrogens is 290 g/mol. The Labute approximate surface area is 128 Å². The van der Waals surface area contributed by atoms with E-state index in [-0.39, 0.29) is 23.9 Å². The standard InChI is InChI=1S/C15H21NO4S/c1-15(2,3)20-13(17)9-8-10(14(18)19-4)16-12(9)11-6-5-7-21-11/h5-7,9-10,12,16H,8H2,1-4H3/t9-,10-,12+/m1/s1. The highest BCUT2D eigenvalue weighted by Gasteiger charge is 2.44. The average molecular weight is 311 g/mol. The summed E-state index contributed by atoms with van der Waals surface area (Å²) >= 11 is 1.56. The van der Waals surface area contributed by atoms with Crippen molar-refractivity contribution in [1.29, 1.82) is 0 Å². The molecule has 1 saturated heterocycles. The molecule has 0 aromatic carbocycles. The summed E-state index contributed by atoms with van der Waals surface area (Å²) in [4.78, 5) is 25.2. The van der Waals surface area contributed by atoms with E-state index in [0.717, 1.165) is 4.88 Å². The van der Waals surface area contributed by atoms with Gasteiger partial charge in [-0.1, -0.05) is 6.07 Å². The lowest BCUT2D eigenvalue weighted by atomic mass is 9.97. The van der Waals surface area contributed by atoms with Crippen molar-refractivity contribution in [3.05, 3.63) is 22.4 Å². The van der Waals surface area contributed by atoms with Gasteiger partial charge in [0, 0.05) is 4.88 Å². The summed E-state index contributed by atoms with van der Waals surface area (Å²) in [6.45, 7) is 5.52. The van der Waals surface area contributed by atoms with Gasteiger partial charge in [0.1, 0.15) is 11.6 Å². The Hall–Kier alpha value is -1.40. The molecule has 0 amide bonds. The third-order valence-corrected chi connectivity index (χ3v) is 4.27. The minimum Gasteiger partial charge on any atom is -0.468 e. The maximum atomic E-state index is 12.4. The summed E-state index contributed by atoms with van der Waals surface area (Å²) in [7, 11) is 1.35. The highest BCUT2D eigenvalue weighted by atomic mass is 32.1. The lowest BCUT2D eigenvalue weighted by Gasteiger charge is -2.24. The lowest BCUT2D eigenvalue weighted by molar-refractivity contribution is -0.160. The number of ether oxygens (including phenoxy) is 2. The zero-order valence-corrected chi connectivity index (χ0v) is 13.5. The van der Waals surface area contributed by atoms with E-state index in [1.54, 1.807) is 11.3 Å². The van der Waals surface area contributed by atoms with Crippen LogP contribution in [0, 0.1) is 5.92 Å². The first-order chi connectivity index (χ1) is 9.81. The van der Waals surface area contributed by atoms with Gasteiger partial charge in [-0.3, -0.25) is 14.9 Å². The molecule has 0 spiro atoms. The summed E-state index contributed by atoms with van der Waals surface area (Å²) in [5.74, 6) is -1.01. The molecule has 3 atom stereocenters. The fraction of sp³-hybridized carbons (Fsp3) is 0.600. The van der Waals surface area contributed by atoms with Crippen molar-refractivity contribution in [1.82, 2.24) is 5.32 Å². The fourth-order valence-corrected chi connectivity index (χ4v) is 3.31. The van der Waals surface area contributed by atoms with Crippen LogP contribution < -0.4 is 5.32 Å². The first kappa shape index (κ1) is 16.0. The van der Waals surface area contributed by atoms with Crippen LogP contribution in [-0.2, 0) is 19.1 Å². The van der Waals surface area contributed by atoms with Crippen LogP contribution in [0.2, 0.25) is 0 Å². The SMILES string of the molecule is COC(=O)[C@H]1C[C@@H](C(=O)OC(C)(C)C)[C@@H](c2cccs2)N1. The molecule has 5 nitrogen and oxygen atoms in total. The number of carbonyl (C=O) groups is 2. The second-order valence-electron chi connectivity index (χ2n) is 6.11. The molecule has 0 saturated carbocycles. The average Bonchev–Trinajstić information content (AvgIpc) is 3.04. The van der Waals surface area contributed by atoms with Gasteiger partial charge in [-0.15, -0.1) is 11.3 Å². The van der Waals surface area contributed by atoms with Crippen LogP contribution in [-0.4, -0.2) is 30.7 Å². The third kappa shape index (κ3) is 3.83. The smallest absolute Gasteiger partial charge is 0.322 e. The molecule has 1 aromatic rings. The first-order valence-corrected chi connectivity index (χ1v) is 7.80. The molecule has 0 unspecified atom stereocenters. The molecule has 0 radical (unpaired) electrons. The molecule has 1 fully saturated rings. The molecule has 0 bridgehead atoms. The van der Waals surface area contributed by atoms with Gasteiger partial charge in [0.25, 0.3) is 0 Å². The van der Waals surface area contributed by atoms with E-state index in [1.807, 2.05) is 38.3 Å². The quantitative estimate of drug-likeness (QED) is 0.868. The van der Waals surface area contributed by atoms with Crippen LogP contribution in [0.25, 0.3) is 0 Å². The number of methoxy groups -OCH3 is 1. The zero-order valence-electron chi connectivity index (χ0n) is 12.7. The molecule has 1 aliphatic rings. The van der Waals surface area contributed by atoms with E-state index in [9.17, 15) is 9.59 Å². The largest absolute Gasteiger partial charge is 0.468 e. The molecule has 2 rings (SSSR count). The highest BCUT2D eigenvalue weighted by Crippen LogP contribution is 2.36. The Balaban J connectivity index is 2.19. The summed E-state index contributed by atoms with van der Waals surface area (Å²) in [5, 5.41) is 5.15. The molecule has 1 N–H and O–H groups in total. The van der Waals surface area contributed by atoms with Crippen molar-refractivity contribution in [3.8, 4) is 0 Å². The maximum absolute atomic E-state index is 12.4. The Kier molecular flexibility index (Phi) is 4.68. The lowest BCUT2D eigenvalue weighted by Crippen LogP contribution is -2.33. The summed E-state index contributed by atoms with van der Waals surface area (Å²) < 4.78 is 10.3. The van der Waals surface area contributed by atoms with Crippen LogP contribution in [0.3, 0.4) is 0 Å². The topological polar surface area (TPSA) is 64.6 Å². The monoisotopic (exact) mass is 311 g/mol. The van der Waals surface area contributed by atoms with Gasteiger partial charge in [0.05, 0.1) is 19.1 Å². The number of esters is 2. The van der Waals surface area contributed by atoms with Crippen LogP contribution in [0.5, 0.6) is 0 Å². The molecule has 0 aliphatic carbocycles. The van der Waals surface area contributed by atoms with Gasteiger partial charge in [-0.25, -0.2) is 0 Å². The van der Waals surface area contributed by atoms with Crippen molar-refractivity contribution in [2.75, 3.05) is 7.11 Å². The van der Waals surface area contributed by atoms with Gasteiger partial charge in [0.15, 0.2) is 0 Å². The van der Waals surface area contributed by atoms with Gasteiger partial charge >= 0.3 is 11.9 Å². The number of hydrogen-bond donors (Lipinski definition) is 1. The van der Waals surface area contributed by atoms with Crippen molar-refractivity contribution < 1.29 is 19.1 Å². The summed E-state index contributed by atoms with van der Waals surface area (Å²) in [6, 6.07) is 3.21. The van der Waals surface area contributed by atoms with Gasteiger partial charge < -0.3 is 9.47 Å². The minimum atomic E-state index is -0.541. The molecular formula is C15H21NO4S. The number of nitrogens with one attached hydrogen (secondary N) is 1. The molecule has 1 aromatic heterocycles. The van der Waals surface area contributed by atoms with E-state index in [4.69, 9.17) is 9.47 Å². The summed E-state index contributed by atoms with van der Waals surface area (Å²) in [5.41, 5.74) is -0.541. The van der Waals surface area contributed by atoms with Gasteiger partial charge in [-0.2, -0.15) is 0 Å². The van der Waals surface area contributed by atoms with E-state index in [1.165, 1.54) is 7.11 Å². The Bertz CT molecular complexity index is 506. The first-order valence-electron chi connectivity index (χ1n) is 6.92. The van der Waals surface area contributed by atoms with Crippen LogP contribution in [0.4, 0.5) is 0 Å². The van der Waals surface area contributed by atoms with Crippen LogP contribution in [0.1, 0.15) is 38.1 Å². The predicted molar refractivity (Wildman–Crippen MR) is 80.0 cm³/mol. The molecule has 2 heterocycles. The second-order valence-corrected chi connectivity index (χ2v) is 7.09. The molecule has 21 heavy (non-hydrogen) atoms. The van der Waals surface area contributed by atoms with Gasteiger partial charge in [-0.05, 0) is 38.6 Å². The van der Waals surface area contributed by atoms with E-state index in [2.05, 4.69) is 5.32 Å². The van der Waals surface area contributed by atoms with E-state index in [0.29, 0.717) is 6.42 Å². The third-order valence-electron chi connectivity index (χ3n) is 3.32. The van der Waals surface area contributed by atoms with Crippen molar-refractivity contribution >= 4 is 23.3 Å². The Morgan fingerprint density at radius 1 is 1.33 bits per heavy atom. The van der Waals surface area contributed by atoms with E-state index >= 15 is 0 Å². The Morgan fingerprint density at radius 3 is 2.57 bits per heavy atom. The zero-order chi connectivity index (χ0) is 15.6. The highest BCUT2D eigenvalue weighted by molar-refractivity contribution is 7.10. The number of hydrogen-bond acceptors (Lipinski definition) is 6. The predicted octanol–water partition coefficient (Wildman–Crippen LogP) is 2.28. The van der Waals surface area contributed by atoms with Crippen molar-refractivity contribution in [2.45, 2.75) is 44.9 Å². The van der Waals surface area contributed by atoms with Crippen molar-refractivity contribution in [3.63, 3.8) is 0 Å². The van der Waals surface area contributed by atoms with Crippen LogP contribution in [0.15, 0.2) is 17.5 Å². The Morgan fingerprint density at radius 2 is 2.05 bits per heavy atom. The fourth-order valence-electron chi connectivity index (χ4n) is 2.46. The number of thiophene rings is 1. The molecule has 6 heteroatoms. The normalized spacial score (nSPS) is 25.6. The number of carbonyl (C=O) groups excluding carboxylic acids is 2. The number of rotatable bonds is 3. The van der Waals surface area contributed by atoms with Gasteiger partial charge in [0.2, 0.25) is 0 Å². The second kappa shape index (κ2) is 6.15. The summed E-state index contributed by atoms with van der Waals surface area (Å²) in [6.07, 6.45) is 0.393. The van der Waals surface area contributed by atoms with Crippen molar-refractivity contribution in [2.24, 2.45) is 5.92 Å². The molecule has 1 aliphatic heterocycles. The van der Waals surface area contributed by atoms with E-state index < -0.39 is 11.6 Å². The minimum absolute atomic E-state index is 0.205.